The number of amides is 10. The van der Waals surface area contributed by atoms with E-state index in [0.717, 1.165) is 42.4 Å². The fourth-order valence-corrected chi connectivity index (χ4v) is 22.6. The van der Waals surface area contributed by atoms with Crippen LogP contribution in [0, 0.1) is 23.7 Å². The number of carbonyl (C=O) groups excluding carboxylic acids is 10. The number of aliphatic imine (C=N–C) groups is 1. The number of nitrogens with zero attached hydrogens (tertiary/aromatic N) is 7. The van der Waals surface area contributed by atoms with Crippen molar-refractivity contribution in [2.75, 3.05) is 153 Å². The minimum absolute atomic E-state index is 0.00726. The molecular weight excluding hydrogens is 1760 g/mol. The molecule has 0 aliphatic carbocycles. The van der Waals surface area contributed by atoms with Crippen molar-refractivity contribution in [1.29, 1.82) is 0 Å². The molecule has 3 aromatic rings. The smallest absolute Gasteiger partial charge is 0.326 e. The number of likely N-dealkylation sites (N-methyl/N-ethyl adjacent to an activating group) is 2. The van der Waals surface area contributed by atoms with Crippen LogP contribution in [0.2, 0.25) is 0 Å². The van der Waals surface area contributed by atoms with Gasteiger partial charge in [-0.3, -0.25) is 52.9 Å². The van der Waals surface area contributed by atoms with E-state index in [2.05, 4.69) is 67.1 Å². The summed E-state index contributed by atoms with van der Waals surface area (Å²) in [5.74, 6) is -4.52. The molecule has 33 nitrogen and oxygen atoms in total. The number of methoxy groups -OCH3 is 4. The first-order chi connectivity index (χ1) is 64.0. The Morgan fingerprint density at radius 1 is 0.642 bits per heavy atom. The van der Waals surface area contributed by atoms with Gasteiger partial charge in [0.25, 0.3) is 11.8 Å². The number of nitrogens with one attached hydrogen (secondary N) is 4. The van der Waals surface area contributed by atoms with Crippen LogP contribution < -0.4 is 45.1 Å². The first-order valence-corrected chi connectivity index (χ1v) is 49.3. The number of anilines is 1. The maximum atomic E-state index is 14.9. The van der Waals surface area contributed by atoms with Crippen LogP contribution in [-0.2, 0) is 78.0 Å². The summed E-state index contributed by atoms with van der Waals surface area (Å²) in [7, 11) is 9.21. The highest BCUT2D eigenvalue weighted by molar-refractivity contribution is 8.09. The molecule has 3 aromatic carbocycles. The summed E-state index contributed by atoms with van der Waals surface area (Å²) in [6.45, 7) is 33.2. The maximum Gasteiger partial charge on any atom is 0.326 e. The van der Waals surface area contributed by atoms with E-state index < -0.39 is 88.4 Å². The Morgan fingerprint density at radius 3 is 1.80 bits per heavy atom. The van der Waals surface area contributed by atoms with Gasteiger partial charge in [-0.2, -0.15) is 0 Å². The number of fused-ring (bicyclic) bond motifs is 4. The van der Waals surface area contributed by atoms with Gasteiger partial charge in [-0.25, -0.2) is 4.79 Å². The second-order valence-corrected chi connectivity index (χ2v) is 40.1. The summed E-state index contributed by atoms with van der Waals surface area (Å²) in [6, 6.07) is 11.0. The number of ether oxygens (including phenoxy) is 10. The Bertz CT molecular complexity index is 4560. The Hall–Kier alpha value is -9.36. The average Bonchev–Trinajstić information content (AvgIpc) is 0.858. The zero-order chi connectivity index (χ0) is 97.8. The zero-order valence-corrected chi connectivity index (χ0v) is 83.4. The number of thioether (sulfide) groups is 2. The van der Waals surface area contributed by atoms with Gasteiger partial charge in [0.15, 0.2) is 23.0 Å². The summed E-state index contributed by atoms with van der Waals surface area (Å²) < 4.78 is 58.9. The molecule has 0 spiro atoms. The van der Waals surface area contributed by atoms with Crippen molar-refractivity contribution in [3.05, 3.63) is 95.6 Å². The van der Waals surface area contributed by atoms with E-state index in [1.165, 1.54) is 45.1 Å². The summed E-state index contributed by atoms with van der Waals surface area (Å²) in [5, 5.41) is 20.3. The second kappa shape index (κ2) is 51.7. The SMILES string of the molecule is C=C1C[C@H]2CN(C(=O)CCOCCOCCNC(=O)C3SC(C)(CC)C(C)(CCC)SC3C(=O)NCCOCCOCCC(=O)N(C)[C@H](C(=O)N[C@H](C(=O)N(C)[C@@H]([C@@H](C)CC)[C@@H](CC(=O)N3CCC[C@H]3[C@H](OC)[C@@H](C)C(=O)N[C@@H](Cc3ccccc3)C(=O)O)OC)C(C)C)C(C)C)c3cc(OCCCCCOc4cc5c(cc4OC)C(=O)N4CC(=C)C[C@H]4C=N5)c(OC)cc3C(=O)N2C1. The van der Waals surface area contributed by atoms with Crippen LogP contribution in [-0.4, -0.2) is 323 Å². The summed E-state index contributed by atoms with van der Waals surface area (Å²) in [6.07, 6.45) is 7.73. The van der Waals surface area contributed by atoms with Crippen LogP contribution in [0.15, 0.2) is 83.9 Å². The molecule has 4 unspecified atom stereocenters. The fourth-order valence-electron chi connectivity index (χ4n) is 18.8. The number of unbranched alkanes of at least 4 members (excludes halogenated alkanes) is 2. The molecular formula is C99H147N11O22S2. The van der Waals surface area contributed by atoms with Gasteiger partial charge in [0.2, 0.25) is 47.3 Å². The average molecular weight is 1910 g/mol. The normalized spacial score (nSPS) is 21.6. The molecule has 9 rings (SSSR count). The van der Waals surface area contributed by atoms with E-state index in [1.54, 1.807) is 112 Å². The van der Waals surface area contributed by atoms with Crippen molar-refractivity contribution in [2.24, 2.45) is 28.7 Å². The first kappa shape index (κ1) is 108. The molecule has 35 heteroatoms. The van der Waals surface area contributed by atoms with E-state index in [4.69, 9.17) is 47.4 Å². The topological polar surface area (TPSA) is 380 Å². The van der Waals surface area contributed by atoms with Crippen molar-refractivity contribution < 1.29 is 105 Å². The van der Waals surface area contributed by atoms with Crippen LogP contribution in [0.25, 0.3) is 0 Å². The van der Waals surface area contributed by atoms with Gasteiger partial charge >= 0.3 is 5.97 Å². The summed E-state index contributed by atoms with van der Waals surface area (Å²) >= 11 is 3.07. The lowest BCUT2D eigenvalue weighted by molar-refractivity contribution is -0.149. The molecule has 6 aliphatic rings. The lowest BCUT2D eigenvalue weighted by Crippen LogP contribution is -2.60. The van der Waals surface area contributed by atoms with Crippen LogP contribution in [0.1, 0.15) is 192 Å². The van der Waals surface area contributed by atoms with Crippen LogP contribution >= 0.6 is 23.5 Å². The minimum atomic E-state index is -1.19. The van der Waals surface area contributed by atoms with Crippen molar-refractivity contribution in [3.8, 4) is 23.0 Å². The number of carbonyl (C=O) groups is 11. The lowest BCUT2D eigenvalue weighted by Gasteiger charge is -2.53. The Kier molecular flexibility index (Phi) is 41.8. The van der Waals surface area contributed by atoms with Gasteiger partial charge in [-0.05, 0) is 107 Å². The summed E-state index contributed by atoms with van der Waals surface area (Å²) in [5.41, 5.74) is 4.34. The van der Waals surface area contributed by atoms with Crippen molar-refractivity contribution in [3.63, 3.8) is 0 Å². The van der Waals surface area contributed by atoms with Gasteiger partial charge in [-0.1, -0.05) is 130 Å². The third-order valence-electron chi connectivity index (χ3n) is 26.8. The number of carboxylic acid groups (broad SMARTS) is 1. The molecule has 15 atom stereocenters. The Labute approximate surface area is 799 Å². The molecule has 6 heterocycles. The van der Waals surface area contributed by atoms with Crippen LogP contribution in [0.5, 0.6) is 23.0 Å². The van der Waals surface area contributed by atoms with E-state index in [1.807, 2.05) is 47.6 Å². The van der Waals surface area contributed by atoms with E-state index in [9.17, 15) is 57.8 Å². The standard InChI is InChI=1S/C99H147N11O22S2/c1-20-35-99(13)98(12,22-3)133-88(92(116)100-36-43-130-48-46-128-42-34-82(112)110-60-69-50-64(9)59-109(69)95(119)71-53-77(124-17)79(55-75(71)110)132-40-28-24-27-39-131-78-54-72-70(52-76(78)123-16)94(118)108-58-63(8)49-68(108)57-102-72)89(134-99)93(117)101-37-44-129-47-45-127-41-33-81(111)105(14)85(62(6)7)91(115)104-84(61(4)5)96(120)106(15)86(65(10)21-2)80(125-18)56-83(113)107-38-29-32-74(107)87(126-19)66(11)90(114)103-73(97(121)122)51-67-30-25-23-26-31-67/h23,25-26,30-31,52-55,57,61-62,65-66,68-69,73-74,80,84-89H,8-9,20-22,24,27-29,32-51,56,58-60H2,1-7,10-19H3,(H,100,116)(H,101,117)(H,103,114)(H,104,115)(H,121,122)/t65-,66+,68-,69-,73-,74-,80+,84-,85-,86-,87+,88?,89?,98?,99?/m0/s1. The molecule has 5 N–H and O–H groups in total. The highest BCUT2D eigenvalue weighted by Gasteiger charge is 2.56. The predicted octanol–water partition coefficient (Wildman–Crippen LogP) is 10.3. The first-order valence-electron chi connectivity index (χ1n) is 47.5. The Balaban J connectivity index is 0.683. The number of benzene rings is 3. The van der Waals surface area contributed by atoms with Gasteiger partial charge in [-0.15, -0.1) is 23.5 Å². The molecule has 0 radical (unpaired) electrons. The van der Waals surface area contributed by atoms with Crippen LogP contribution in [0.3, 0.4) is 0 Å². The van der Waals surface area contributed by atoms with E-state index in [-0.39, 0.29) is 173 Å². The minimum Gasteiger partial charge on any atom is -0.493 e. The van der Waals surface area contributed by atoms with Gasteiger partial charge in [0, 0.05) is 102 Å². The molecule has 134 heavy (non-hydrogen) atoms. The molecule has 0 bridgehead atoms. The quantitative estimate of drug-likeness (QED) is 0.0259. The van der Waals surface area contributed by atoms with Crippen molar-refractivity contribution >= 4 is 106 Å². The second-order valence-electron chi connectivity index (χ2n) is 36.9. The molecule has 4 fully saturated rings. The van der Waals surface area contributed by atoms with Crippen LogP contribution in [0.4, 0.5) is 11.4 Å². The molecule has 10 amide bonds. The summed E-state index contributed by atoms with van der Waals surface area (Å²) in [4.78, 5) is 169. The maximum absolute atomic E-state index is 14.9. The van der Waals surface area contributed by atoms with Gasteiger partial charge < -0.3 is 103 Å². The predicted molar refractivity (Wildman–Crippen MR) is 516 cm³/mol. The molecule has 742 valence electrons. The van der Waals surface area contributed by atoms with E-state index >= 15 is 0 Å². The highest BCUT2D eigenvalue weighted by atomic mass is 32.2. The number of likely N-dealkylation sites (tertiary alicyclic amines) is 1. The molecule has 0 aromatic heterocycles. The number of rotatable bonds is 54. The van der Waals surface area contributed by atoms with Crippen molar-refractivity contribution in [1.82, 2.24) is 45.8 Å². The third kappa shape index (κ3) is 27.8. The molecule has 4 saturated heterocycles. The van der Waals surface area contributed by atoms with Crippen molar-refractivity contribution in [2.45, 2.75) is 247 Å². The van der Waals surface area contributed by atoms with E-state index in [0.29, 0.717) is 123 Å². The number of aliphatic carboxylic acids is 1. The van der Waals surface area contributed by atoms with Gasteiger partial charge in [0.1, 0.15) is 28.6 Å². The monoisotopic (exact) mass is 1910 g/mol. The van der Waals surface area contributed by atoms with Gasteiger partial charge in [0.05, 0.1) is 164 Å². The number of hydrogen-bond acceptors (Lipinski definition) is 24. The third-order valence-corrected chi connectivity index (χ3v) is 31.0. The fraction of sp³-hybridized carbons (Fsp3) is 0.657. The highest BCUT2D eigenvalue weighted by Crippen LogP contribution is 2.58. The number of carboxylic acids is 1. The molecule has 6 aliphatic heterocycles. The zero-order valence-electron chi connectivity index (χ0n) is 81.7. The Morgan fingerprint density at radius 2 is 1.22 bits per heavy atom. The molecule has 0 saturated carbocycles. The number of hydrogen-bond donors (Lipinski definition) is 5. The largest absolute Gasteiger partial charge is 0.493 e. The lowest BCUT2D eigenvalue weighted by atomic mass is 9.87.